The van der Waals surface area contributed by atoms with E-state index in [0.717, 1.165) is 6.42 Å². The highest BCUT2D eigenvalue weighted by Crippen LogP contribution is 2.18. The molecule has 0 saturated heterocycles. The minimum absolute atomic E-state index is 0. The molecule has 0 amide bonds. The van der Waals surface area contributed by atoms with Crippen LogP contribution in [0.5, 0.6) is 0 Å². The lowest BCUT2D eigenvalue weighted by atomic mass is 10.0. The van der Waals surface area contributed by atoms with Crippen LogP contribution in [0.25, 0.3) is 0 Å². The molecule has 0 aliphatic carbocycles. The molecule has 0 radical (unpaired) electrons. The largest absolute Gasteiger partial charge is 1.00 e. The Morgan fingerprint density at radius 2 is 0.857 bits per heavy atom. The molecule has 0 fully saturated rings. The lowest BCUT2D eigenvalue weighted by Crippen LogP contribution is -3.00. The summed E-state index contributed by atoms with van der Waals surface area (Å²) in [5.74, 6) is 0. The summed E-state index contributed by atoms with van der Waals surface area (Å²) in [5, 5.41) is 0. The molecule has 0 aromatic carbocycles. The third kappa shape index (κ3) is 22.7. The second-order valence-electron chi connectivity index (χ2n) is 8.70. The number of hydrogen-bond donors (Lipinski definition) is 1. The molecule has 0 heterocycles. The second kappa shape index (κ2) is 25.4. The monoisotopic (exact) mass is 463 g/mol. The normalized spacial score (nSPS) is 12.3. The van der Waals surface area contributed by atoms with Crippen molar-refractivity contribution in [3.05, 3.63) is 0 Å². The van der Waals surface area contributed by atoms with Gasteiger partial charge in [-0.2, -0.15) is 0 Å². The van der Waals surface area contributed by atoms with Gasteiger partial charge in [-0.15, -0.1) is 0 Å². The fourth-order valence-electron chi connectivity index (χ4n) is 3.95. The highest BCUT2D eigenvalue weighted by Gasteiger charge is 2.15. The van der Waals surface area contributed by atoms with Crippen molar-refractivity contribution >= 4 is 0 Å². The van der Waals surface area contributed by atoms with Crippen LogP contribution in [0.15, 0.2) is 0 Å². The van der Waals surface area contributed by atoms with Gasteiger partial charge in [-0.05, 0) is 19.3 Å². The summed E-state index contributed by atoms with van der Waals surface area (Å²) >= 11 is 0. The summed E-state index contributed by atoms with van der Waals surface area (Å²) in [7, 11) is 0. The van der Waals surface area contributed by atoms with Crippen molar-refractivity contribution in [1.82, 2.24) is 0 Å². The van der Waals surface area contributed by atoms with Gasteiger partial charge < -0.3 is 27.5 Å². The third-order valence-electron chi connectivity index (χ3n) is 5.75. The molecule has 0 spiro atoms. The molecule has 2 nitrogen and oxygen atoms in total. The van der Waals surface area contributed by atoms with E-state index < -0.39 is 0 Å². The summed E-state index contributed by atoms with van der Waals surface area (Å²) in [5.41, 5.74) is 4.22. The molecule has 0 rings (SSSR count). The standard InChI is InChI=1S/C25H53NO.BrH/c1-4-7-9-11-13-15-17-19-22-24(27-25(26)21-6-3)23-20-18-16-14-12-10-8-5-2;/h24-25H,4-23,26H2,1-3H3;1H. The van der Waals surface area contributed by atoms with Gasteiger partial charge in [0.2, 0.25) is 0 Å². The second-order valence-corrected chi connectivity index (χ2v) is 8.70. The van der Waals surface area contributed by atoms with Crippen LogP contribution in [-0.2, 0) is 4.74 Å². The van der Waals surface area contributed by atoms with Crippen molar-refractivity contribution < 1.29 is 27.5 Å². The number of rotatable bonds is 22. The van der Waals surface area contributed by atoms with E-state index in [1.54, 1.807) is 0 Å². The average molecular weight is 465 g/mol. The molecule has 3 N–H and O–H groups in total. The molecule has 0 aliphatic heterocycles. The maximum atomic E-state index is 6.30. The Morgan fingerprint density at radius 3 is 1.21 bits per heavy atom. The predicted molar refractivity (Wildman–Crippen MR) is 121 cm³/mol. The summed E-state index contributed by atoms with van der Waals surface area (Å²) in [6.07, 6.45) is 27.8. The Hall–Kier alpha value is 0.400. The zero-order valence-electron chi connectivity index (χ0n) is 19.8. The minimum atomic E-state index is 0. The van der Waals surface area contributed by atoms with Gasteiger partial charge in [-0.3, -0.25) is 0 Å². The van der Waals surface area contributed by atoms with Crippen molar-refractivity contribution in [3.63, 3.8) is 0 Å². The maximum absolute atomic E-state index is 6.30. The van der Waals surface area contributed by atoms with E-state index in [9.17, 15) is 0 Å². The van der Waals surface area contributed by atoms with Crippen LogP contribution in [0, 0.1) is 0 Å². The molecule has 0 aromatic rings. The van der Waals surface area contributed by atoms with Crippen molar-refractivity contribution in [3.8, 4) is 0 Å². The SMILES string of the molecule is CCCCCCCCCCC(CCCCCCCCCC)OC([NH3+])CCC.[Br-]. The maximum Gasteiger partial charge on any atom is 0.188 e. The van der Waals surface area contributed by atoms with Crippen LogP contribution in [0.1, 0.15) is 149 Å². The zero-order valence-corrected chi connectivity index (χ0v) is 21.4. The Bertz CT molecular complexity index is 255. The number of quaternary nitrogens is 1. The molecule has 28 heavy (non-hydrogen) atoms. The van der Waals surface area contributed by atoms with E-state index in [-0.39, 0.29) is 23.2 Å². The Morgan fingerprint density at radius 1 is 0.500 bits per heavy atom. The number of ether oxygens (including phenoxy) is 1. The number of halogens is 1. The van der Waals surface area contributed by atoms with E-state index in [1.807, 2.05) is 0 Å². The van der Waals surface area contributed by atoms with Crippen LogP contribution in [0.3, 0.4) is 0 Å². The van der Waals surface area contributed by atoms with Gasteiger partial charge in [0.1, 0.15) is 0 Å². The van der Waals surface area contributed by atoms with E-state index in [4.69, 9.17) is 4.74 Å². The molecular weight excluding hydrogens is 410 g/mol. The van der Waals surface area contributed by atoms with Crippen LogP contribution in [-0.4, -0.2) is 12.3 Å². The fourth-order valence-corrected chi connectivity index (χ4v) is 3.95. The first-order chi connectivity index (χ1) is 13.2. The molecule has 0 bridgehead atoms. The summed E-state index contributed by atoms with van der Waals surface area (Å²) in [4.78, 5) is 0. The molecule has 1 atom stereocenters. The van der Waals surface area contributed by atoms with Crippen molar-refractivity contribution in [2.45, 2.75) is 162 Å². The lowest BCUT2D eigenvalue weighted by Gasteiger charge is -2.20. The van der Waals surface area contributed by atoms with E-state index in [1.165, 1.54) is 122 Å². The van der Waals surface area contributed by atoms with E-state index in [0.29, 0.717) is 6.10 Å². The molecule has 172 valence electrons. The minimum Gasteiger partial charge on any atom is -1.00 e. The van der Waals surface area contributed by atoms with Crippen LogP contribution >= 0.6 is 0 Å². The van der Waals surface area contributed by atoms with Gasteiger partial charge >= 0.3 is 0 Å². The van der Waals surface area contributed by atoms with Crippen molar-refractivity contribution in [2.24, 2.45) is 0 Å². The Kier molecular flexibility index (Phi) is 27.8. The molecule has 0 aliphatic rings. The van der Waals surface area contributed by atoms with Crippen LogP contribution < -0.4 is 22.7 Å². The fraction of sp³-hybridized carbons (Fsp3) is 1.00. The molecule has 0 aromatic heterocycles. The molecular formula is C25H54BrNO. The Labute approximate surface area is 188 Å². The van der Waals surface area contributed by atoms with Crippen LogP contribution in [0.2, 0.25) is 0 Å². The first kappa shape index (κ1) is 30.6. The van der Waals surface area contributed by atoms with Crippen LogP contribution in [0.4, 0.5) is 0 Å². The van der Waals surface area contributed by atoms with Gasteiger partial charge in [-0.1, -0.05) is 124 Å². The lowest BCUT2D eigenvalue weighted by molar-refractivity contribution is -0.499. The van der Waals surface area contributed by atoms with Gasteiger partial charge in [0.05, 0.1) is 6.10 Å². The first-order valence-corrected chi connectivity index (χ1v) is 12.7. The van der Waals surface area contributed by atoms with E-state index >= 15 is 0 Å². The van der Waals surface area contributed by atoms with Crippen molar-refractivity contribution in [1.29, 1.82) is 0 Å². The van der Waals surface area contributed by atoms with Gasteiger partial charge in [0.25, 0.3) is 0 Å². The zero-order chi connectivity index (χ0) is 20.0. The van der Waals surface area contributed by atoms with Gasteiger partial charge in [-0.25, -0.2) is 0 Å². The highest BCUT2D eigenvalue weighted by atomic mass is 79.9. The third-order valence-corrected chi connectivity index (χ3v) is 5.75. The average Bonchev–Trinajstić information content (AvgIpc) is 2.66. The summed E-state index contributed by atoms with van der Waals surface area (Å²) in [6, 6.07) is 0. The van der Waals surface area contributed by atoms with Gasteiger partial charge in [0, 0.05) is 6.42 Å². The molecule has 3 heteroatoms. The molecule has 1 unspecified atom stereocenters. The van der Waals surface area contributed by atoms with Crippen molar-refractivity contribution in [2.75, 3.05) is 0 Å². The predicted octanol–water partition coefficient (Wildman–Crippen LogP) is 4.81. The first-order valence-electron chi connectivity index (χ1n) is 12.7. The molecule has 0 saturated carbocycles. The van der Waals surface area contributed by atoms with E-state index in [2.05, 4.69) is 26.5 Å². The Balaban J connectivity index is 0. The number of hydrogen-bond acceptors (Lipinski definition) is 1. The summed E-state index contributed by atoms with van der Waals surface area (Å²) in [6.45, 7) is 6.82. The van der Waals surface area contributed by atoms with Gasteiger partial charge in [0.15, 0.2) is 6.23 Å². The highest BCUT2D eigenvalue weighted by molar-refractivity contribution is 4.61. The summed E-state index contributed by atoms with van der Waals surface area (Å²) < 4.78 is 6.30. The number of unbranched alkanes of at least 4 members (excludes halogenated alkanes) is 14. The quantitative estimate of drug-likeness (QED) is 0.181. The topological polar surface area (TPSA) is 36.9 Å². The smallest absolute Gasteiger partial charge is 0.188 e.